The summed E-state index contributed by atoms with van der Waals surface area (Å²) in [5.74, 6) is -0.305. The Bertz CT molecular complexity index is 581. The number of nitrogens with zero attached hydrogens (tertiary/aromatic N) is 1. The highest BCUT2D eigenvalue weighted by atomic mass is 16.5. The lowest BCUT2D eigenvalue weighted by Gasteiger charge is -2.00. The van der Waals surface area contributed by atoms with E-state index in [2.05, 4.69) is 6.58 Å². The van der Waals surface area contributed by atoms with Crippen LogP contribution in [0.25, 0.3) is 10.9 Å². The second kappa shape index (κ2) is 4.45. The number of rotatable bonds is 3. The number of aryl methyl sites for hydroxylation is 2. The first-order chi connectivity index (χ1) is 8.13. The van der Waals surface area contributed by atoms with Gasteiger partial charge in [-0.05, 0) is 19.1 Å². The maximum atomic E-state index is 11.9. The van der Waals surface area contributed by atoms with Crippen LogP contribution in [-0.4, -0.2) is 17.1 Å². The fraction of sp³-hybridized carbons (Fsp3) is 0.214. The number of hydrogen-bond acceptors (Lipinski definition) is 2. The van der Waals surface area contributed by atoms with Crippen molar-refractivity contribution in [3.63, 3.8) is 0 Å². The minimum absolute atomic E-state index is 0.237. The zero-order valence-corrected chi connectivity index (χ0v) is 10.1. The molecule has 88 valence electrons. The van der Waals surface area contributed by atoms with Crippen LogP contribution in [0.1, 0.15) is 15.9 Å². The summed E-state index contributed by atoms with van der Waals surface area (Å²) in [7, 11) is 1.92. The van der Waals surface area contributed by atoms with Crippen molar-refractivity contribution in [1.82, 2.24) is 4.57 Å². The van der Waals surface area contributed by atoms with E-state index in [1.807, 2.05) is 36.7 Å². The number of fused-ring (bicyclic) bond motifs is 1. The van der Waals surface area contributed by atoms with Crippen LogP contribution in [0.15, 0.2) is 37.1 Å². The van der Waals surface area contributed by atoms with Gasteiger partial charge in [0.15, 0.2) is 0 Å². The first kappa shape index (κ1) is 11.5. The third-order valence-corrected chi connectivity index (χ3v) is 2.70. The minimum Gasteiger partial charge on any atom is -0.458 e. The molecular formula is C14H15NO2. The lowest BCUT2D eigenvalue weighted by atomic mass is 10.1. The molecule has 1 heterocycles. The summed E-state index contributed by atoms with van der Waals surface area (Å²) >= 11 is 0. The molecule has 1 aromatic heterocycles. The van der Waals surface area contributed by atoms with Gasteiger partial charge in [0.2, 0.25) is 0 Å². The first-order valence-electron chi connectivity index (χ1n) is 5.47. The fourth-order valence-corrected chi connectivity index (χ4v) is 1.88. The minimum atomic E-state index is -0.305. The van der Waals surface area contributed by atoms with Gasteiger partial charge in [-0.15, -0.1) is 0 Å². The molecule has 0 aliphatic rings. The Kier molecular flexibility index (Phi) is 3.00. The maximum absolute atomic E-state index is 11.9. The van der Waals surface area contributed by atoms with Crippen molar-refractivity contribution < 1.29 is 9.53 Å². The predicted octanol–water partition coefficient (Wildman–Crippen LogP) is 2.83. The average molecular weight is 229 g/mol. The molecule has 0 N–H and O–H groups in total. The Morgan fingerprint density at radius 3 is 3.00 bits per heavy atom. The summed E-state index contributed by atoms with van der Waals surface area (Å²) in [6.07, 6.45) is 3.36. The molecule has 0 fully saturated rings. The van der Waals surface area contributed by atoms with Crippen LogP contribution in [0.5, 0.6) is 0 Å². The topological polar surface area (TPSA) is 31.2 Å². The summed E-state index contributed by atoms with van der Waals surface area (Å²) in [6, 6.07) is 6.04. The van der Waals surface area contributed by atoms with Gasteiger partial charge in [-0.3, -0.25) is 0 Å². The summed E-state index contributed by atoms with van der Waals surface area (Å²) in [6.45, 7) is 5.77. The third-order valence-electron chi connectivity index (χ3n) is 2.70. The molecular weight excluding hydrogens is 214 g/mol. The van der Waals surface area contributed by atoms with E-state index in [1.54, 1.807) is 12.3 Å². The molecule has 0 amide bonds. The molecule has 0 saturated heterocycles. The second-order valence-electron chi connectivity index (χ2n) is 4.06. The van der Waals surface area contributed by atoms with Gasteiger partial charge in [0.1, 0.15) is 6.61 Å². The number of benzene rings is 1. The number of hydrogen-bond donors (Lipinski definition) is 0. The number of aromatic nitrogens is 1. The molecule has 0 spiro atoms. The van der Waals surface area contributed by atoms with Gasteiger partial charge < -0.3 is 9.30 Å². The van der Waals surface area contributed by atoms with Gasteiger partial charge >= 0.3 is 5.97 Å². The smallest absolute Gasteiger partial charge is 0.340 e. The van der Waals surface area contributed by atoms with Crippen LogP contribution in [-0.2, 0) is 11.8 Å². The normalized spacial score (nSPS) is 10.5. The lowest BCUT2D eigenvalue weighted by molar-refractivity contribution is 0.0552. The number of carbonyl (C=O) groups is 1. The Morgan fingerprint density at radius 1 is 1.53 bits per heavy atom. The van der Waals surface area contributed by atoms with E-state index in [9.17, 15) is 4.79 Å². The summed E-state index contributed by atoms with van der Waals surface area (Å²) in [4.78, 5) is 11.9. The zero-order valence-electron chi connectivity index (χ0n) is 10.1. The molecule has 0 unspecified atom stereocenters. The van der Waals surface area contributed by atoms with Crippen LogP contribution < -0.4 is 0 Å². The van der Waals surface area contributed by atoms with Crippen molar-refractivity contribution in [1.29, 1.82) is 0 Å². The van der Waals surface area contributed by atoms with E-state index in [1.165, 1.54) is 0 Å². The van der Waals surface area contributed by atoms with Gasteiger partial charge in [0.05, 0.1) is 5.56 Å². The molecule has 0 aliphatic heterocycles. The van der Waals surface area contributed by atoms with Crippen LogP contribution in [0.3, 0.4) is 0 Å². The van der Waals surface area contributed by atoms with Gasteiger partial charge in [-0.1, -0.05) is 24.3 Å². The Labute approximate surface area is 100 Å². The Morgan fingerprint density at radius 2 is 2.29 bits per heavy atom. The van der Waals surface area contributed by atoms with Gasteiger partial charge in [-0.2, -0.15) is 0 Å². The lowest BCUT2D eigenvalue weighted by Crippen LogP contribution is -2.04. The molecule has 0 atom stereocenters. The Balaban J connectivity index is 2.50. The van der Waals surface area contributed by atoms with Crippen LogP contribution >= 0.6 is 0 Å². The van der Waals surface area contributed by atoms with E-state index >= 15 is 0 Å². The summed E-state index contributed by atoms with van der Waals surface area (Å²) in [5.41, 5.74) is 2.76. The molecule has 0 aliphatic carbocycles. The van der Waals surface area contributed by atoms with Gasteiger partial charge in [0, 0.05) is 24.1 Å². The van der Waals surface area contributed by atoms with Crippen molar-refractivity contribution in [3.8, 4) is 0 Å². The van der Waals surface area contributed by atoms with E-state index in [-0.39, 0.29) is 12.6 Å². The van der Waals surface area contributed by atoms with E-state index in [4.69, 9.17) is 4.74 Å². The number of ether oxygens (including phenoxy) is 1. The molecule has 17 heavy (non-hydrogen) atoms. The van der Waals surface area contributed by atoms with E-state index in [0.29, 0.717) is 5.56 Å². The molecule has 0 bridgehead atoms. The average Bonchev–Trinajstić information content (AvgIpc) is 2.63. The molecule has 3 heteroatoms. The standard InChI is InChI=1S/C14H15NO2/c1-4-7-17-14(16)12-9-15(3)13-6-5-10(2)8-11(12)13/h4-6,8-9H,1,7H2,2-3H3. The summed E-state index contributed by atoms with van der Waals surface area (Å²) < 4.78 is 7.00. The van der Waals surface area contributed by atoms with Crippen molar-refractivity contribution >= 4 is 16.9 Å². The maximum Gasteiger partial charge on any atom is 0.340 e. The quantitative estimate of drug-likeness (QED) is 0.598. The fourth-order valence-electron chi connectivity index (χ4n) is 1.88. The molecule has 0 radical (unpaired) electrons. The number of esters is 1. The van der Waals surface area contributed by atoms with Crippen LogP contribution in [0, 0.1) is 6.92 Å². The zero-order chi connectivity index (χ0) is 12.4. The Hall–Kier alpha value is -2.03. The van der Waals surface area contributed by atoms with E-state index in [0.717, 1.165) is 16.5 Å². The predicted molar refractivity (Wildman–Crippen MR) is 68.1 cm³/mol. The molecule has 3 nitrogen and oxygen atoms in total. The van der Waals surface area contributed by atoms with E-state index < -0.39 is 0 Å². The van der Waals surface area contributed by atoms with Crippen molar-refractivity contribution in [2.24, 2.45) is 7.05 Å². The van der Waals surface area contributed by atoms with Gasteiger partial charge in [-0.25, -0.2) is 4.79 Å². The second-order valence-corrected chi connectivity index (χ2v) is 4.06. The van der Waals surface area contributed by atoms with Crippen LogP contribution in [0.2, 0.25) is 0 Å². The first-order valence-corrected chi connectivity index (χ1v) is 5.47. The SMILES string of the molecule is C=CCOC(=O)c1cn(C)c2ccc(C)cc12. The monoisotopic (exact) mass is 229 g/mol. The number of carbonyl (C=O) groups excluding carboxylic acids is 1. The molecule has 1 aromatic carbocycles. The largest absolute Gasteiger partial charge is 0.458 e. The van der Waals surface area contributed by atoms with Crippen molar-refractivity contribution in [2.75, 3.05) is 6.61 Å². The van der Waals surface area contributed by atoms with Gasteiger partial charge in [0.25, 0.3) is 0 Å². The molecule has 2 aromatic rings. The summed E-state index contributed by atoms with van der Waals surface area (Å²) in [5, 5.41) is 0.932. The highest BCUT2D eigenvalue weighted by molar-refractivity contribution is 6.04. The highest BCUT2D eigenvalue weighted by Crippen LogP contribution is 2.22. The highest BCUT2D eigenvalue weighted by Gasteiger charge is 2.14. The van der Waals surface area contributed by atoms with Crippen molar-refractivity contribution in [2.45, 2.75) is 6.92 Å². The molecule has 0 saturated carbocycles. The van der Waals surface area contributed by atoms with Crippen LogP contribution in [0.4, 0.5) is 0 Å². The van der Waals surface area contributed by atoms with Crippen molar-refractivity contribution in [3.05, 3.63) is 48.2 Å². The third kappa shape index (κ3) is 2.09. The molecule has 2 rings (SSSR count).